The van der Waals surface area contributed by atoms with Crippen LogP contribution in [0, 0.1) is 0 Å². The van der Waals surface area contributed by atoms with Crippen molar-refractivity contribution in [3.63, 3.8) is 0 Å². The smallest absolute Gasteiger partial charge is 0.134 e. The van der Waals surface area contributed by atoms with E-state index in [1.54, 1.807) is 0 Å². The first-order chi connectivity index (χ1) is 3.34. The molecule has 1 aliphatic rings. The zero-order valence-corrected chi connectivity index (χ0v) is 5.36. The molecule has 0 aromatic rings. The van der Waals surface area contributed by atoms with Crippen molar-refractivity contribution in [3.05, 3.63) is 0 Å². The van der Waals surface area contributed by atoms with Gasteiger partial charge in [-0.05, 0) is 6.92 Å². The summed E-state index contributed by atoms with van der Waals surface area (Å²) in [5.41, 5.74) is 0. The summed E-state index contributed by atoms with van der Waals surface area (Å²) in [7, 11) is 0. The van der Waals surface area contributed by atoms with Crippen LogP contribution in [0.5, 0.6) is 0 Å². The Morgan fingerprint density at radius 2 is 2.57 bits per heavy atom. The quantitative estimate of drug-likeness (QED) is 0.381. The van der Waals surface area contributed by atoms with E-state index in [0.717, 1.165) is 6.54 Å². The Labute approximate surface area is 48.2 Å². The predicted molar refractivity (Wildman–Crippen MR) is 30.5 cm³/mol. The summed E-state index contributed by atoms with van der Waals surface area (Å²) in [6.45, 7) is 5.23. The number of rotatable bonds is 1. The molecule has 0 aromatic heterocycles. The van der Waals surface area contributed by atoms with Gasteiger partial charge in [0.15, 0.2) is 0 Å². The summed E-state index contributed by atoms with van der Waals surface area (Å²) in [5, 5.41) is 0. The molecule has 42 valence electrons. The van der Waals surface area contributed by atoms with Crippen LogP contribution < -0.4 is 0 Å². The summed E-state index contributed by atoms with van der Waals surface area (Å²) in [6.07, 6.45) is 0.343. The van der Waals surface area contributed by atoms with Crippen molar-refractivity contribution in [2.75, 3.05) is 6.54 Å². The Kier molecular flexibility index (Phi) is 1.57. The van der Waals surface area contributed by atoms with Crippen molar-refractivity contribution >= 4 is 12.2 Å². The van der Waals surface area contributed by atoms with Crippen LogP contribution in [0.3, 0.4) is 0 Å². The average Bonchev–Trinajstić information content (AvgIpc) is 1.65. The molecular weight excluding hydrogens is 110 g/mol. The maximum atomic E-state index is 4.98. The van der Waals surface area contributed by atoms with Gasteiger partial charge in [-0.3, -0.25) is 4.18 Å². The molecule has 1 atom stereocenters. The van der Waals surface area contributed by atoms with Gasteiger partial charge < -0.3 is 0 Å². The summed E-state index contributed by atoms with van der Waals surface area (Å²) in [5.74, 6) is 0. The minimum atomic E-state index is 0.343. The summed E-state index contributed by atoms with van der Waals surface area (Å²) >= 11 is 1.45. The first kappa shape index (κ1) is 5.41. The SMILES string of the molecule is CCN1SOC1C. The van der Waals surface area contributed by atoms with Gasteiger partial charge in [0.05, 0.1) is 12.2 Å². The molecule has 3 heteroatoms. The molecule has 7 heavy (non-hydrogen) atoms. The molecule has 0 radical (unpaired) electrons. The first-order valence-electron chi connectivity index (χ1n) is 2.44. The lowest BCUT2D eigenvalue weighted by Crippen LogP contribution is -2.36. The second-order valence-electron chi connectivity index (χ2n) is 1.50. The molecule has 1 heterocycles. The fourth-order valence-corrected chi connectivity index (χ4v) is 0.985. The molecule has 2 nitrogen and oxygen atoms in total. The lowest BCUT2D eigenvalue weighted by Gasteiger charge is -2.33. The van der Waals surface area contributed by atoms with E-state index in [4.69, 9.17) is 4.18 Å². The Morgan fingerprint density at radius 3 is 2.57 bits per heavy atom. The highest BCUT2D eigenvalue weighted by Crippen LogP contribution is 2.28. The van der Waals surface area contributed by atoms with E-state index >= 15 is 0 Å². The van der Waals surface area contributed by atoms with Crippen molar-refractivity contribution in [2.45, 2.75) is 20.1 Å². The third-order valence-electron chi connectivity index (χ3n) is 0.995. The Balaban J connectivity index is 2.16. The van der Waals surface area contributed by atoms with E-state index in [-0.39, 0.29) is 0 Å². The van der Waals surface area contributed by atoms with Gasteiger partial charge in [-0.15, -0.1) is 0 Å². The van der Waals surface area contributed by atoms with Crippen LogP contribution >= 0.6 is 12.2 Å². The minimum absolute atomic E-state index is 0.343. The summed E-state index contributed by atoms with van der Waals surface area (Å²) in [4.78, 5) is 0. The largest absolute Gasteiger partial charge is 0.281 e. The van der Waals surface area contributed by atoms with Crippen molar-refractivity contribution in [1.82, 2.24) is 4.31 Å². The van der Waals surface area contributed by atoms with Gasteiger partial charge in [0.2, 0.25) is 0 Å². The van der Waals surface area contributed by atoms with Crippen molar-refractivity contribution in [3.8, 4) is 0 Å². The van der Waals surface area contributed by atoms with Crippen LogP contribution in [-0.4, -0.2) is 17.1 Å². The van der Waals surface area contributed by atoms with Crippen LogP contribution in [-0.2, 0) is 4.18 Å². The molecule has 0 bridgehead atoms. The number of hydrogen-bond donors (Lipinski definition) is 0. The Bertz CT molecular complexity index is 66.7. The maximum Gasteiger partial charge on any atom is 0.134 e. The molecule has 1 unspecified atom stereocenters. The molecule has 0 amide bonds. The van der Waals surface area contributed by atoms with Crippen molar-refractivity contribution in [1.29, 1.82) is 0 Å². The molecule has 1 fully saturated rings. The van der Waals surface area contributed by atoms with Crippen LogP contribution in [0.4, 0.5) is 0 Å². The lowest BCUT2D eigenvalue weighted by molar-refractivity contribution is 0.0688. The summed E-state index contributed by atoms with van der Waals surface area (Å²) < 4.78 is 7.14. The average molecular weight is 119 g/mol. The maximum absolute atomic E-state index is 4.98. The van der Waals surface area contributed by atoms with Gasteiger partial charge in [0.1, 0.15) is 6.23 Å². The highest BCUT2D eigenvalue weighted by atomic mass is 32.2. The topological polar surface area (TPSA) is 12.5 Å². The van der Waals surface area contributed by atoms with E-state index in [1.165, 1.54) is 12.2 Å². The molecule has 0 N–H and O–H groups in total. The zero-order valence-electron chi connectivity index (χ0n) is 4.55. The van der Waals surface area contributed by atoms with E-state index in [2.05, 4.69) is 11.2 Å². The van der Waals surface area contributed by atoms with Gasteiger partial charge in [-0.25, -0.2) is 0 Å². The summed E-state index contributed by atoms with van der Waals surface area (Å²) in [6, 6.07) is 0. The standard InChI is InChI=1S/C4H9NOS/c1-3-5-4(2)6-7-5/h4H,3H2,1-2H3. The number of nitrogens with zero attached hydrogens (tertiary/aromatic N) is 1. The fraction of sp³-hybridized carbons (Fsp3) is 1.00. The van der Waals surface area contributed by atoms with Crippen LogP contribution in [0.1, 0.15) is 13.8 Å². The monoisotopic (exact) mass is 119 g/mol. The molecule has 1 aliphatic heterocycles. The molecule has 0 aromatic carbocycles. The van der Waals surface area contributed by atoms with Gasteiger partial charge in [0.25, 0.3) is 0 Å². The zero-order chi connectivity index (χ0) is 5.28. The van der Waals surface area contributed by atoms with E-state index in [1.807, 2.05) is 6.92 Å². The van der Waals surface area contributed by atoms with Gasteiger partial charge in [-0.2, -0.15) is 4.31 Å². The number of hydrogen-bond acceptors (Lipinski definition) is 3. The normalized spacial score (nSPS) is 32.6. The lowest BCUT2D eigenvalue weighted by atomic mass is 10.6. The molecule has 0 aliphatic carbocycles. The Morgan fingerprint density at radius 1 is 1.86 bits per heavy atom. The molecule has 1 rings (SSSR count). The molecule has 1 saturated heterocycles. The van der Waals surface area contributed by atoms with Gasteiger partial charge in [-0.1, -0.05) is 6.92 Å². The molecule has 0 spiro atoms. The second-order valence-corrected chi connectivity index (χ2v) is 2.31. The molecule has 0 saturated carbocycles. The minimum Gasteiger partial charge on any atom is -0.281 e. The third-order valence-corrected chi connectivity index (χ3v) is 2.11. The van der Waals surface area contributed by atoms with Crippen LogP contribution in [0.2, 0.25) is 0 Å². The highest BCUT2D eigenvalue weighted by molar-refractivity contribution is 7.93. The van der Waals surface area contributed by atoms with Crippen LogP contribution in [0.25, 0.3) is 0 Å². The van der Waals surface area contributed by atoms with Crippen molar-refractivity contribution in [2.24, 2.45) is 0 Å². The van der Waals surface area contributed by atoms with Crippen LogP contribution in [0.15, 0.2) is 0 Å². The first-order valence-corrected chi connectivity index (χ1v) is 3.14. The van der Waals surface area contributed by atoms with E-state index in [0.29, 0.717) is 6.23 Å². The van der Waals surface area contributed by atoms with E-state index < -0.39 is 0 Å². The Hall–Kier alpha value is 0.270. The highest BCUT2D eigenvalue weighted by Gasteiger charge is 2.23. The van der Waals surface area contributed by atoms with Crippen molar-refractivity contribution < 1.29 is 4.18 Å². The van der Waals surface area contributed by atoms with E-state index in [9.17, 15) is 0 Å². The predicted octanol–water partition coefficient (Wildman–Crippen LogP) is 1.25. The molecular formula is C4H9NOS. The third kappa shape index (κ3) is 0.900. The second kappa shape index (κ2) is 2.03. The van der Waals surface area contributed by atoms with Gasteiger partial charge >= 0.3 is 0 Å². The fourth-order valence-electron chi connectivity index (χ4n) is 0.500. The van der Waals surface area contributed by atoms with Gasteiger partial charge in [0, 0.05) is 6.54 Å².